The minimum Gasteiger partial charge on any atom is -0.408 e. The van der Waals surface area contributed by atoms with E-state index in [1.165, 1.54) is 11.1 Å². The number of aliphatic hydroxyl groups is 1. The molecule has 3 N–H and O–H groups in total. The van der Waals surface area contributed by atoms with Crippen molar-refractivity contribution in [2.24, 2.45) is 11.1 Å². The minimum absolute atomic E-state index is 0.0329. The van der Waals surface area contributed by atoms with Crippen molar-refractivity contribution < 1.29 is 9.84 Å². The molecule has 23 heavy (non-hydrogen) atoms. The van der Waals surface area contributed by atoms with Crippen molar-refractivity contribution in [2.45, 2.75) is 55.6 Å². The molecule has 2 aliphatic rings. The highest BCUT2D eigenvalue weighted by Gasteiger charge is 2.57. The van der Waals surface area contributed by atoms with E-state index >= 15 is 0 Å². The fourth-order valence-corrected chi connectivity index (χ4v) is 5.25. The molecule has 1 unspecified atom stereocenters. The number of halogens is 1. The van der Waals surface area contributed by atoms with E-state index in [0.717, 1.165) is 36.6 Å². The van der Waals surface area contributed by atoms with Crippen molar-refractivity contribution in [3.8, 4) is 0 Å². The van der Waals surface area contributed by atoms with Gasteiger partial charge in [-0.2, -0.15) is 0 Å². The summed E-state index contributed by atoms with van der Waals surface area (Å²) in [5.41, 5.74) is 9.21. The van der Waals surface area contributed by atoms with Gasteiger partial charge in [0.05, 0.1) is 6.10 Å². The van der Waals surface area contributed by atoms with Gasteiger partial charge < -0.3 is 15.6 Å². The first-order chi connectivity index (χ1) is 10.7. The molecule has 0 amide bonds. The van der Waals surface area contributed by atoms with Gasteiger partial charge in [0.1, 0.15) is 15.7 Å². The number of ether oxygens (including phenoxy) is 1. The Hall–Kier alpha value is -0.290. The molecular weight excluding hydrogens is 352 g/mol. The van der Waals surface area contributed by atoms with Crippen LogP contribution in [0.15, 0.2) is 22.7 Å². The number of methoxy groups -OCH3 is 1. The number of hydrogen-bond donors (Lipinski definition) is 2. The first-order valence-corrected chi connectivity index (χ1v) is 9.31. The molecule has 124 valence electrons. The molecule has 0 aromatic heterocycles. The summed E-state index contributed by atoms with van der Waals surface area (Å²) >= 11 is 3.59. The summed E-state index contributed by atoms with van der Waals surface area (Å²) in [7, 11) is 5.54. The van der Waals surface area contributed by atoms with Crippen LogP contribution in [0.3, 0.4) is 0 Å². The van der Waals surface area contributed by atoms with Crippen LogP contribution in [0.2, 0.25) is 0 Å². The van der Waals surface area contributed by atoms with E-state index in [9.17, 15) is 5.11 Å². The highest BCUT2D eigenvalue weighted by Crippen LogP contribution is 2.59. The molecule has 1 saturated carbocycles. The van der Waals surface area contributed by atoms with E-state index in [1.807, 2.05) is 15.7 Å². The quantitative estimate of drug-likeness (QED) is 0.774. The summed E-state index contributed by atoms with van der Waals surface area (Å²) in [6, 6.07) is 6.46. The molecule has 6 heteroatoms. The van der Waals surface area contributed by atoms with Crippen LogP contribution in [0.1, 0.15) is 43.2 Å². The van der Waals surface area contributed by atoms with Crippen LogP contribution in [0.5, 0.6) is 0 Å². The van der Waals surface area contributed by atoms with Crippen molar-refractivity contribution in [3.63, 3.8) is 0 Å². The third-order valence-electron chi connectivity index (χ3n) is 5.96. The Kier molecular flexibility index (Phi) is 4.50. The summed E-state index contributed by atoms with van der Waals surface area (Å²) in [6.45, 7) is 0. The molecule has 1 atom stereocenters. The predicted octanol–water partition coefficient (Wildman–Crippen LogP) is 1.04. The molecule has 3 rings (SSSR count). The number of benzene rings is 1. The first-order valence-electron chi connectivity index (χ1n) is 8.52. The standard InChI is InChI=1S/C17H26B2BrNO2/c1-23-13-4-6-15(7-5-13)9-11-2-3-12(20)8-14(11)16(15,21)10-17(18,19)22/h2-3,8,13,22H,4-7,9-10,18-19,21H2,1H3/t13-,15-,16?. The Bertz CT molecular complexity index is 597. The zero-order chi connectivity index (χ0) is 16.9. The molecule has 0 heterocycles. The normalized spacial score (nSPS) is 33.8. The molecule has 1 aromatic carbocycles. The van der Waals surface area contributed by atoms with Gasteiger partial charge in [-0.05, 0) is 67.2 Å². The second-order valence-corrected chi connectivity index (χ2v) is 9.07. The second kappa shape index (κ2) is 5.90. The molecular formula is C17H26B2BrNO2. The van der Waals surface area contributed by atoms with E-state index in [4.69, 9.17) is 10.5 Å². The maximum Gasteiger partial charge on any atom is 0.131 e. The fraction of sp³-hybridized carbons (Fsp3) is 0.647. The first kappa shape index (κ1) is 17.5. The van der Waals surface area contributed by atoms with Crippen LogP contribution in [-0.2, 0) is 16.7 Å². The molecule has 2 aliphatic carbocycles. The summed E-state index contributed by atoms with van der Waals surface area (Å²) < 4.78 is 6.62. The summed E-state index contributed by atoms with van der Waals surface area (Å²) in [5.74, 6) is 0. The summed E-state index contributed by atoms with van der Waals surface area (Å²) in [6.07, 6.45) is 6.17. The lowest BCUT2D eigenvalue weighted by Crippen LogP contribution is -2.56. The Morgan fingerprint density at radius 3 is 2.61 bits per heavy atom. The Morgan fingerprint density at radius 2 is 2.04 bits per heavy atom. The van der Waals surface area contributed by atoms with Crippen molar-refractivity contribution >= 4 is 31.6 Å². The SMILES string of the molecule is BC(B)(O)CC1(N)c2cc(Br)ccc2C[C@]12CC[C@@H](OC)CC2. The molecule has 1 aromatic rings. The van der Waals surface area contributed by atoms with Gasteiger partial charge in [-0.15, -0.1) is 0 Å². The Labute approximate surface area is 149 Å². The molecule has 3 nitrogen and oxygen atoms in total. The zero-order valence-electron chi connectivity index (χ0n) is 14.4. The number of rotatable bonds is 3. The highest BCUT2D eigenvalue weighted by atomic mass is 79.9. The predicted molar refractivity (Wildman–Crippen MR) is 102 cm³/mol. The van der Waals surface area contributed by atoms with E-state index in [2.05, 4.69) is 34.1 Å². The average molecular weight is 378 g/mol. The second-order valence-electron chi connectivity index (χ2n) is 8.15. The smallest absolute Gasteiger partial charge is 0.131 e. The van der Waals surface area contributed by atoms with Gasteiger partial charge in [-0.3, -0.25) is 0 Å². The van der Waals surface area contributed by atoms with Gasteiger partial charge in [0, 0.05) is 22.5 Å². The lowest BCUT2D eigenvalue weighted by Gasteiger charge is -2.50. The van der Waals surface area contributed by atoms with Gasteiger partial charge in [-0.1, -0.05) is 22.0 Å². The third kappa shape index (κ3) is 3.04. The molecule has 0 bridgehead atoms. The van der Waals surface area contributed by atoms with Gasteiger partial charge in [0.25, 0.3) is 0 Å². The molecule has 1 fully saturated rings. The van der Waals surface area contributed by atoms with E-state index in [1.54, 1.807) is 7.11 Å². The average Bonchev–Trinajstić information content (AvgIpc) is 2.68. The third-order valence-corrected chi connectivity index (χ3v) is 6.46. The van der Waals surface area contributed by atoms with E-state index < -0.39 is 10.9 Å². The Balaban J connectivity index is 2.03. The highest BCUT2D eigenvalue weighted by molar-refractivity contribution is 9.10. The summed E-state index contributed by atoms with van der Waals surface area (Å²) in [5, 5.41) is 9.75. The van der Waals surface area contributed by atoms with Crippen LogP contribution in [0, 0.1) is 5.41 Å². The van der Waals surface area contributed by atoms with Gasteiger partial charge in [0.2, 0.25) is 0 Å². The lowest BCUT2D eigenvalue weighted by molar-refractivity contribution is -0.0165. The monoisotopic (exact) mass is 377 g/mol. The van der Waals surface area contributed by atoms with Crippen molar-refractivity contribution in [2.75, 3.05) is 7.11 Å². The lowest BCUT2D eigenvalue weighted by atomic mass is 9.52. The van der Waals surface area contributed by atoms with Crippen LogP contribution in [0.25, 0.3) is 0 Å². The molecule has 0 aliphatic heterocycles. The zero-order valence-corrected chi connectivity index (χ0v) is 15.9. The Morgan fingerprint density at radius 1 is 1.39 bits per heavy atom. The van der Waals surface area contributed by atoms with Crippen molar-refractivity contribution in [1.29, 1.82) is 0 Å². The fourth-order valence-electron chi connectivity index (χ4n) is 4.89. The largest absolute Gasteiger partial charge is 0.408 e. The molecule has 1 spiro atoms. The van der Waals surface area contributed by atoms with E-state index in [-0.39, 0.29) is 5.41 Å². The van der Waals surface area contributed by atoms with Crippen LogP contribution in [0.4, 0.5) is 0 Å². The van der Waals surface area contributed by atoms with Gasteiger partial charge in [0.15, 0.2) is 0 Å². The number of hydrogen-bond acceptors (Lipinski definition) is 3. The maximum absolute atomic E-state index is 10.5. The molecule has 0 radical (unpaired) electrons. The van der Waals surface area contributed by atoms with Gasteiger partial charge in [-0.25, -0.2) is 0 Å². The van der Waals surface area contributed by atoms with Crippen LogP contribution in [-0.4, -0.2) is 39.4 Å². The molecule has 0 saturated heterocycles. The van der Waals surface area contributed by atoms with Crippen LogP contribution < -0.4 is 5.73 Å². The maximum atomic E-state index is 10.5. The summed E-state index contributed by atoms with van der Waals surface area (Å²) in [4.78, 5) is 0. The number of fused-ring (bicyclic) bond motifs is 1. The topological polar surface area (TPSA) is 55.5 Å². The van der Waals surface area contributed by atoms with E-state index in [0.29, 0.717) is 12.5 Å². The van der Waals surface area contributed by atoms with Gasteiger partial charge >= 0.3 is 0 Å². The minimum atomic E-state index is -0.788. The van der Waals surface area contributed by atoms with Crippen molar-refractivity contribution in [3.05, 3.63) is 33.8 Å². The van der Waals surface area contributed by atoms with Crippen LogP contribution >= 0.6 is 15.9 Å². The number of nitrogens with two attached hydrogens (primary N) is 1. The van der Waals surface area contributed by atoms with Crippen molar-refractivity contribution in [1.82, 2.24) is 0 Å².